The summed E-state index contributed by atoms with van der Waals surface area (Å²) >= 11 is 0. The van der Waals surface area contributed by atoms with Gasteiger partial charge in [0.15, 0.2) is 0 Å². The highest BCUT2D eigenvalue weighted by atomic mass is 14.7. The molecule has 0 N–H and O–H groups in total. The van der Waals surface area contributed by atoms with Gasteiger partial charge >= 0.3 is 0 Å². The first-order valence-corrected chi connectivity index (χ1v) is 4.38. The Labute approximate surface area is 56.6 Å². The van der Waals surface area contributed by atoms with Crippen molar-refractivity contribution in [1.29, 1.82) is 0 Å². The Hall–Kier alpha value is 0. The predicted molar refractivity (Wildman–Crippen MR) is 37.0 cm³/mol. The molecule has 3 saturated carbocycles. The van der Waals surface area contributed by atoms with Gasteiger partial charge in [-0.3, -0.25) is 0 Å². The van der Waals surface area contributed by atoms with Gasteiger partial charge in [-0.25, -0.2) is 0 Å². The Bertz CT molecular complexity index is 150. The summed E-state index contributed by atoms with van der Waals surface area (Å²) in [6, 6.07) is 0. The second-order valence-electron chi connectivity index (χ2n) is 4.36. The fraction of sp³-hybridized carbons (Fsp3) is 1.00. The van der Waals surface area contributed by atoms with E-state index in [0.717, 1.165) is 5.92 Å². The second-order valence-corrected chi connectivity index (χ2v) is 4.36. The lowest BCUT2D eigenvalue weighted by Crippen LogP contribution is -2.27. The molecule has 5 atom stereocenters. The largest absolute Gasteiger partial charge is 0.0622 e. The van der Waals surface area contributed by atoms with Crippen LogP contribution >= 0.6 is 0 Å². The first-order valence-electron chi connectivity index (χ1n) is 4.38. The summed E-state index contributed by atoms with van der Waals surface area (Å²) in [5, 5.41) is 0. The van der Waals surface area contributed by atoms with E-state index in [0.29, 0.717) is 0 Å². The highest BCUT2D eigenvalue weighted by Crippen LogP contribution is 2.70. The second kappa shape index (κ2) is 1.21. The van der Waals surface area contributed by atoms with Crippen LogP contribution in [-0.2, 0) is 0 Å². The number of hydrogen-bond acceptors (Lipinski definition) is 0. The molecule has 50 valence electrons. The van der Waals surface area contributed by atoms with E-state index in [1.165, 1.54) is 23.7 Å². The van der Waals surface area contributed by atoms with Crippen LogP contribution in [0.2, 0.25) is 0 Å². The van der Waals surface area contributed by atoms with Crippen LogP contribution in [0.25, 0.3) is 0 Å². The molecule has 0 nitrogen and oxygen atoms in total. The average molecular weight is 122 g/mol. The summed E-state index contributed by atoms with van der Waals surface area (Å²) in [7, 11) is 0. The van der Waals surface area contributed by atoms with Gasteiger partial charge in [0.25, 0.3) is 0 Å². The summed E-state index contributed by atoms with van der Waals surface area (Å²) in [6.45, 7) is 2.46. The van der Waals surface area contributed by atoms with E-state index < -0.39 is 0 Å². The van der Waals surface area contributed by atoms with Crippen LogP contribution in [0.5, 0.6) is 0 Å². The van der Waals surface area contributed by atoms with E-state index in [9.17, 15) is 0 Å². The zero-order valence-electron chi connectivity index (χ0n) is 6.01. The summed E-state index contributed by atoms with van der Waals surface area (Å²) < 4.78 is 0. The van der Waals surface area contributed by atoms with Crippen LogP contribution in [0.15, 0.2) is 0 Å². The molecular formula is C9H14. The van der Waals surface area contributed by atoms with Gasteiger partial charge in [-0.1, -0.05) is 13.3 Å². The van der Waals surface area contributed by atoms with Crippen molar-refractivity contribution < 1.29 is 0 Å². The van der Waals surface area contributed by atoms with Gasteiger partial charge in [0.1, 0.15) is 0 Å². The molecular weight excluding hydrogens is 108 g/mol. The Balaban J connectivity index is 1.89. The molecule has 3 aliphatic carbocycles. The number of fused-ring (bicyclic) bond motifs is 4. The molecule has 0 bridgehead atoms. The van der Waals surface area contributed by atoms with E-state index in [1.54, 1.807) is 19.3 Å². The monoisotopic (exact) mass is 122 g/mol. The highest BCUT2D eigenvalue weighted by molar-refractivity contribution is 5.12. The Morgan fingerprint density at radius 1 is 1.00 bits per heavy atom. The smallest absolute Gasteiger partial charge is 0.0326 e. The normalized spacial score (nSPS) is 68.3. The van der Waals surface area contributed by atoms with Crippen molar-refractivity contribution in [2.45, 2.75) is 26.2 Å². The lowest BCUT2D eigenvalue weighted by atomic mass is 9.73. The lowest BCUT2D eigenvalue weighted by Gasteiger charge is -2.31. The molecule has 3 unspecified atom stereocenters. The molecule has 3 rings (SSSR count). The zero-order chi connectivity index (χ0) is 6.01. The molecule has 0 aromatic heterocycles. The SMILES string of the molecule is C[C@H]1CC[C@@H]2C3CC3C21. The third kappa shape index (κ3) is 0.395. The van der Waals surface area contributed by atoms with Crippen molar-refractivity contribution in [2.24, 2.45) is 29.6 Å². The molecule has 3 aliphatic rings. The topological polar surface area (TPSA) is 0 Å². The highest BCUT2D eigenvalue weighted by Gasteiger charge is 2.64. The lowest BCUT2D eigenvalue weighted by molar-refractivity contribution is 0.158. The maximum atomic E-state index is 2.46. The molecule has 3 fully saturated rings. The van der Waals surface area contributed by atoms with Gasteiger partial charge in [0, 0.05) is 0 Å². The quantitative estimate of drug-likeness (QED) is 0.462. The minimum absolute atomic E-state index is 1.10. The molecule has 0 radical (unpaired) electrons. The standard InChI is InChI=1S/C9H14/c1-5-2-3-6-7-4-8(7)9(5)6/h5-9H,2-4H2,1H3/t5-,6+,7?,8?,9?/m0/s1. The summed E-state index contributed by atoms with van der Waals surface area (Å²) in [5.41, 5.74) is 0. The van der Waals surface area contributed by atoms with Gasteiger partial charge in [-0.15, -0.1) is 0 Å². The summed E-state index contributed by atoms with van der Waals surface area (Å²) in [5.74, 6) is 5.98. The van der Waals surface area contributed by atoms with Crippen LogP contribution in [0.1, 0.15) is 26.2 Å². The van der Waals surface area contributed by atoms with Crippen molar-refractivity contribution in [3.63, 3.8) is 0 Å². The molecule has 0 heteroatoms. The van der Waals surface area contributed by atoms with E-state index in [-0.39, 0.29) is 0 Å². The van der Waals surface area contributed by atoms with Crippen LogP contribution in [0.3, 0.4) is 0 Å². The summed E-state index contributed by atoms with van der Waals surface area (Å²) in [6.07, 6.45) is 4.73. The minimum atomic E-state index is 1.10. The zero-order valence-corrected chi connectivity index (χ0v) is 6.01. The summed E-state index contributed by atoms with van der Waals surface area (Å²) in [4.78, 5) is 0. The van der Waals surface area contributed by atoms with Gasteiger partial charge in [0.2, 0.25) is 0 Å². The van der Waals surface area contributed by atoms with Crippen LogP contribution in [0.4, 0.5) is 0 Å². The molecule has 0 heterocycles. The first kappa shape index (κ1) is 4.76. The molecule has 0 aromatic carbocycles. The van der Waals surface area contributed by atoms with Crippen molar-refractivity contribution in [3.05, 3.63) is 0 Å². The number of rotatable bonds is 0. The molecule has 0 aliphatic heterocycles. The predicted octanol–water partition coefficient (Wildman–Crippen LogP) is 2.30. The first-order chi connectivity index (χ1) is 4.38. The van der Waals surface area contributed by atoms with Crippen LogP contribution < -0.4 is 0 Å². The Morgan fingerprint density at radius 2 is 1.89 bits per heavy atom. The Morgan fingerprint density at radius 3 is 2.67 bits per heavy atom. The van der Waals surface area contributed by atoms with Gasteiger partial charge in [0.05, 0.1) is 0 Å². The van der Waals surface area contributed by atoms with E-state index in [2.05, 4.69) is 6.92 Å². The molecule has 0 saturated heterocycles. The van der Waals surface area contributed by atoms with Crippen LogP contribution in [-0.4, -0.2) is 0 Å². The number of hydrogen-bond donors (Lipinski definition) is 0. The maximum Gasteiger partial charge on any atom is -0.0326 e. The van der Waals surface area contributed by atoms with E-state index in [1.807, 2.05) is 0 Å². The minimum Gasteiger partial charge on any atom is -0.0622 e. The third-order valence-corrected chi connectivity index (χ3v) is 4.04. The van der Waals surface area contributed by atoms with Crippen molar-refractivity contribution in [3.8, 4) is 0 Å². The van der Waals surface area contributed by atoms with Gasteiger partial charge < -0.3 is 0 Å². The van der Waals surface area contributed by atoms with Crippen LogP contribution in [0, 0.1) is 29.6 Å². The third-order valence-electron chi connectivity index (χ3n) is 4.04. The average Bonchev–Trinajstić information content (AvgIpc) is 2.38. The van der Waals surface area contributed by atoms with Crippen molar-refractivity contribution in [1.82, 2.24) is 0 Å². The molecule has 0 amide bonds. The molecule has 0 aromatic rings. The van der Waals surface area contributed by atoms with Crippen molar-refractivity contribution >= 4 is 0 Å². The van der Waals surface area contributed by atoms with Gasteiger partial charge in [-0.05, 0) is 42.4 Å². The maximum absolute atomic E-state index is 2.46. The van der Waals surface area contributed by atoms with Crippen molar-refractivity contribution in [2.75, 3.05) is 0 Å². The Kier molecular flexibility index (Phi) is 0.640. The van der Waals surface area contributed by atoms with E-state index in [4.69, 9.17) is 0 Å². The van der Waals surface area contributed by atoms with E-state index >= 15 is 0 Å². The fourth-order valence-corrected chi connectivity index (χ4v) is 3.53. The fourth-order valence-electron chi connectivity index (χ4n) is 3.53. The van der Waals surface area contributed by atoms with Gasteiger partial charge in [-0.2, -0.15) is 0 Å². The molecule has 9 heavy (non-hydrogen) atoms. The molecule has 0 spiro atoms.